The zero-order chi connectivity index (χ0) is 9.71. The van der Waals surface area contributed by atoms with Gasteiger partial charge in [0.1, 0.15) is 0 Å². The summed E-state index contributed by atoms with van der Waals surface area (Å²) in [5.41, 5.74) is 5.47. The largest absolute Gasteiger partial charge is 0.285 e. The molecule has 2 aliphatic carbocycles. The van der Waals surface area contributed by atoms with Gasteiger partial charge in [0.25, 0.3) is 0 Å². The minimum absolute atomic E-state index is 0.462. The number of nitrogens with zero attached hydrogens (tertiary/aromatic N) is 2. The van der Waals surface area contributed by atoms with E-state index in [0.717, 1.165) is 13.1 Å². The van der Waals surface area contributed by atoms with Crippen molar-refractivity contribution in [2.45, 2.75) is 13.8 Å². The molecule has 14 heavy (non-hydrogen) atoms. The molecule has 1 aliphatic heterocycles. The lowest BCUT2D eigenvalue weighted by molar-refractivity contribution is 0.945. The lowest BCUT2D eigenvalue weighted by atomic mass is 9.99. The van der Waals surface area contributed by atoms with Crippen molar-refractivity contribution in [3.05, 3.63) is 23.3 Å². The van der Waals surface area contributed by atoms with Gasteiger partial charge in [0.2, 0.25) is 0 Å². The van der Waals surface area contributed by atoms with Crippen molar-refractivity contribution in [2.75, 3.05) is 13.1 Å². The fourth-order valence-electron chi connectivity index (χ4n) is 2.74. The zero-order valence-corrected chi connectivity index (χ0v) is 8.62. The molecule has 3 aliphatic rings. The van der Waals surface area contributed by atoms with Crippen LogP contribution in [-0.4, -0.2) is 24.5 Å². The molecule has 0 N–H and O–H groups in total. The molecule has 0 amide bonds. The van der Waals surface area contributed by atoms with Crippen molar-refractivity contribution in [2.24, 2.45) is 21.8 Å². The van der Waals surface area contributed by atoms with E-state index in [-0.39, 0.29) is 0 Å². The number of fused-ring (bicyclic) bond motifs is 5. The normalized spacial score (nSPS) is 32.9. The van der Waals surface area contributed by atoms with E-state index < -0.39 is 0 Å². The molecule has 2 nitrogen and oxygen atoms in total. The van der Waals surface area contributed by atoms with E-state index in [1.165, 1.54) is 22.6 Å². The van der Waals surface area contributed by atoms with Crippen LogP contribution < -0.4 is 0 Å². The fourth-order valence-corrected chi connectivity index (χ4v) is 2.74. The Labute approximate surface area is 84.1 Å². The Morgan fingerprint density at radius 2 is 1.57 bits per heavy atom. The minimum atomic E-state index is 0.462. The van der Waals surface area contributed by atoms with Gasteiger partial charge in [-0.3, -0.25) is 9.98 Å². The summed E-state index contributed by atoms with van der Waals surface area (Å²) in [4.78, 5) is 9.21. The number of aliphatic imine (C=N–C) groups is 2. The Hall–Kier alpha value is -1.18. The van der Waals surface area contributed by atoms with E-state index in [1.54, 1.807) is 0 Å². The Balaban J connectivity index is 2.19. The summed E-state index contributed by atoms with van der Waals surface area (Å²) in [7, 11) is 0. The Morgan fingerprint density at radius 1 is 1.07 bits per heavy atom. The van der Waals surface area contributed by atoms with E-state index in [0.29, 0.717) is 11.8 Å². The third kappa shape index (κ3) is 0.861. The second-order valence-corrected chi connectivity index (χ2v) is 4.33. The lowest BCUT2D eigenvalue weighted by Gasteiger charge is -2.13. The maximum absolute atomic E-state index is 4.61. The molecule has 0 aromatic rings. The monoisotopic (exact) mass is 186 g/mol. The first-order valence-electron chi connectivity index (χ1n) is 5.23. The molecule has 0 aromatic carbocycles. The van der Waals surface area contributed by atoms with E-state index in [1.807, 2.05) is 0 Å². The van der Waals surface area contributed by atoms with Crippen LogP contribution in [0.2, 0.25) is 0 Å². The highest BCUT2D eigenvalue weighted by Crippen LogP contribution is 2.42. The summed E-state index contributed by atoms with van der Waals surface area (Å²) in [5, 5.41) is 0. The van der Waals surface area contributed by atoms with Gasteiger partial charge < -0.3 is 0 Å². The second-order valence-electron chi connectivity index (χ2n) is 4.33. The zero-order valence-electron chi connectivity index (χ0n) is 8.62. The van der Waals surface area contributed by atoms with Gasteiger partial charge >= 0.3 is 0 Å². The van der Waals surface area contributed by atoms with E-state index in [4.69, 9.17) is 0 Å². The summed E-state index contributed by atoms with van der Waals surface area (Å²) in [6.07, 6.45) is 4.58. The molecule has 2 heteroatoms. The van der Waals surface area contributed by atoms with Crippen LogP contribution in [0.4, 0.5) is 0 Å². The molecule has 2 bridgehead atoms. The average molecular weight is 186 g/mol. The van der Waals surface area contributed by atoms with Crippen LogP contribution in [0.25, 0.3) is 0 Å². The van der Waals surface area contributed by atoms with Crippen molar-refractivity contribution in [1.29, 1.82) is 0 Å². The topological polar surface area (TPSA) is 24.7 Å². The number of rotatable bonds is 0. The third-order valence-corrected chi connectivity index (χ3v) is 3.26. The number of hydrogen-bond acceptors (Lipinski definition) is 2. The molecule has 3 rings (SSSR count). The third-order valence-electron chi connectivity index (χ3n) is 3.26. The van der Waals surface area contributed by atoms with Crippen LogP contribution in [-0.2, 0) is 0 Å². The highest BCUT2D eigenvalue weighted by molar-refractivity contribution is 6.49. The molecule has 1 saturated carbocycles. The van der Waals surface area contributed by atoms with Gasteiger partial charge in [0, 0.05) is 11.8 Å². The quantitative estimate of drug-likeness (QED) is 0.517. The van der Waals surface area contributed by atoms with Crippen LogP contribution in [0.5, 0.6) is 0 Å². The van der Waals surface area contributed by atoms with Crippen molar-refractivity contribution in [3.63, 3.8) is 0 Å². The number of hydrogen-bond donors (Lipinski definition) is 0. The van der Waals surface area contributed by atoms with Crippen LogP contribution in [0.1, 0.15) is 13.8 Å². The molecule has 2 atom stereocenters. The maximum atomic E-state index is 4.61. The molecular weight excluding hydrogens is 172 g/mol. The highest BCUT2D eigenvalue weighted by Gasteiger charge is 2.43. The molecule has 0 radical (unpaired) electrons. The molecule has 0 spiro atoms. The summed E-state index contributed by atoms with van der Waals surface area (Å²) in [6, 6.07) is 0. The van der Waals surface area contributed by atoms with Gasteiger partial charge in [0.05, 0.1) is 24.5 Å². The van der Waals surface area contributed by atoms with Gasteiger partial charge in [-0.15, -0.1) is 0 Å². The maximum Gasteiger partial charge on any atom is 0.0678 e. The summed E-state index contributed by atoms with van der Waals surface area (Å²) >= 11 is 0. The van der Waals surface area contributed by atoms with Crippen LogP contribution in [0, 0.1) is 11.8 Å². The second kappa shape index (κ2) is 2.66. The first kappa shape index (κ1) is 8.16. The van der Waals surface area contributed by atoms with E-state index >= 15 is 0 Å². The molecule has 0 aromatic heterocycles. The first-order valence-corrected chi connectivity index (χ1v) is 5.23. The van der Waals surface area contributed by atoms with Gasteiger partial charge in [-0.05, 0) is 19.4 Å². The SMILES string of the molecule is CC(C)=C1[C@H]2C=C[C@H]1C1=NCCN=C12. The Bertz CT molecular complexity index is 374. The molecule has 1 heterocycles. The lowest BCUT2D eigenvalue weighted by Crippen LogP contribution is -2.23. The summed E-state index contributed by atoms with van der Waals surface area (Å²) in [5.74, 6) is 0.924. The van der Waals surface area contributed by atoms with Crippen LogP contribution >= 0.6 is 0 Å². The highest BCUT2D eigenvalue weighted by atomic mass is 14.9. The average Bonchev–Trinajstić information content (AvgIpc) is 2.73. The summed E-state index contributed by atoms with van der Waals surface area (Å²) in [6.45, 7) is 6.15. The van der Waals surface area contributed by atoms with Crippen molar-refractivity contribution in [1.82, 2.24) is 0 Å². The smallest absolute Gasteiger partial charge is 0.0678 e. The van der Waals surface area contributed by atoms with Crippen molar-refractivity contribution < 1.29 is 0 Å². The van der Waals surface area contributed by atoms with Crippen molar-refractivity contribution in [3.8, 4) is 0 Å². The van der Waals surface area contributed by atoms with Gasteiger partial charge in [-0.25, -0.2) is 0 Å². The van der Waals surface area contributed by atoms with Crippen LogP contribution in [0.15, 0.2) is 33.3 Å². The van der Waals surface area contributed by atoms with Gasteiger partial charge in [-0.2, -0.15) is 0 Å². The summed E-state index contributed by atoms with van der Waals surface area (Å²) < 4.78 is 0. The van der Waals surface area contributed by atoms with Crippen molar-refractivity contribution >= 4 is 11.4 Å². The Kier molecular flexibility index (Phi) is 1.55. The fraction of sp³-hybridized carbons (Fsp3) is 0.500. The van der Waals surface area contributed by atoms with Gasteiger partial charge in [-0.1, -0.05) is 17.7 Å². The molecule has 72 valence electrons. The molecular formula is C12H14N2. The van der Waals surface area contributed by atoms with Crippen LogP contribution in [0.3, 0.4) is 0 Å². The predicted molar refractivity (Wildman–Crippen MR) is 59.1 cm³/mol. The first-order chi connectivity index (χ1) is 6.79. The Morgan fingerprint density at radius 3 is 2.00 bits per heavy atom. The molecule has 1 fully saturated rings. The standard InChI is InChI=1S/C12H14N2/c1-7(2)10-8-3-4-9(10)12-11(8)13-5-6-14-12/h3-4,8-9H,5-6H2,1-2H3/t8-,9-/m1/s1. The predicted octanol–water partition coefficient (Wildman–Crippen LogP) is 2.03. The van der Waals surface area contributed by atoms with E-state index in [2.05, 4.69) is 36.0 Å². The van der Waals surface area contributed by atoms with Gasteiger partial charge in [0.15, 0.2) is 0 Å². The minimum Gasteiger partial charge on any atom is -0.285 e. The molecule has 0 unspecified atom stereocenters. The molecule has 0 saturated heterocycles. The van der Waals surface area contributed by atoms with E-state index in [9.17, 15) is 0 Å². The number of allylic oxidation sites excluding steroid dienone is 4.